The highest BCUT2D eigenvalue weighted by molar-refractivity contribution is 7.99. The summed E-state index contributed by atoms with van der Waals surface area (Å²) in [5.41, 5.74) is 10.0. The molecule has 0 fully saturated rings. The molecular formula is C25H24N4O2S2. The van der Waals surface area contributed by atoms with Gasteiger partial charge in [0.2, 0.25) is 5.91 Å². The van der Waals surface area contributed by atoms with Gasteiger partial charge in [-0.3, -0.25) is 14.2 Å². The summed E-state index contributed by atoms with van der Waals surface area (Å²) in [5, 5.41) is 4.14. The van der Waals surface area contributed by atoms with E-state index in [0.29, 0.717) is 16.5 Å². The van der Waals surface area contributed by atoms with Crippen molar-refractivity contribution in [2.75, 3.05) is 16.8 Å². The molecule has 1 aliphatic carbocycles. The van der Waals surface area contributed by atoms with Gasteiger partial charge in [0.05, 0.1) is 16.8 Å². The smallest absolute Gasteiger partial charge is 0.267 e. The number of carbonyl (C=O) groups excluding carboxylic acids is 1. The van der Waals surface area contributed by atoms with Crippen LogP contribution in [0.15, 0.2) is 58.5 Å². The van der Waals surface area contributed by atoms with E-state index in [-0.39, 0.29) is 17.2 Å². The second kappa shape index (κ2) is 9.03. The van der Waals surface area contributed by atoms with Gasteiger partial charge < -0.3 is 11.1 Å². The number of fused-ring (bicyclic) bond motifs is 3. The summed E-state index contributed by atoms with van der Waals surface area (Å²) >= 11 is 2.90. The quantitative estimate of drug-likeness (QED) is 0.242. The molecule has 168 valence electrons. The average molecular weight is 477 g/mol. The molecule has 6 nitrogen and oxygen atoms in total. The Balaban J connectivity index is 1.51. The van der Waals surface area contributed by atoms with E-state index < -0.39 is 0 Å². The van der Waals surface area contributed by atoms with E-state index in [1.54, 1.807) is 40.2 Å². The van der Waals surface area contributed by atoms with Crippen molar-refractivity contribution in [3.63, 3.8) is 0 Å². The first kappa shape index (κ1) is 21.7. The van der Waals surface area contributed by atoms with Gasteiger partial charge in [-0.25, -0.2) is 4.98 Å². The number of nitrogen functional groups attached to an aromatic ring is 1. The fourth-order valence-corrected chi connectivity index (χ4v) is 6.21. The molecule has 33 heavy (non-hydrogen) atoms. The third-order valence-electron chi connectivity index (χ3n) is 5.78. The van der Waals surface area contributed by atoms with Gasteiger partial charge >= 0.3 is 0 Å². The summed E-state index contributed by atoms with van der Waals surface area (Å²) in [4.78, 5) is 33.3. The van der Waals surface area contributed by atoms with Crippen LogP contribution in [0.4, 0.5) is 11.4 Å². The van der Waals surface area contributed by atoms with Crippen LogP contribution in [0.2, 0.25) is 0 Å². The minimum Gasteiger partial charge on any atom is -0.399 e. The molecule has 1 aliphatic rings. The number of anilines is 2. The van der Waals surface area contributed by atoms with Crippen LogP contribution in [-0.2, 0) is 17.6 Å². The largest absolute Gasteiger partial charge is 0.399 e. The average Bonchev–Trinajstić information content (AvgIpc) is 3.19. The Kier molecular flexibility index (Phi) is 5.95. The molecule has 0 atom stereocenters. The van der Waals surface area contributed by atoms with Gasteiger partial charge in [0.1, 0.15) is 4.83 Å². The zero-order valence-electron chi connectivity index (χ0n) is 18.3. The van der Waals surface area contributed by atoms with E-state index in [4.69, 9.17) is 10.7 Å². The van der Waals surface area contributed by atoms with Crippen molar-refractivity contribution in [1.82, 2.24) is 9.55 Å². The van der Waals surface area contributed by atoms with Crippen LogP contribution < -0.4 is 16.6 Å². The first-order valence-corrected chi connectivity index (χ1v) is 12.7. The van der Waals surface area contributed by atoms with Crippen molar-refractivity contribution >= 4 is 50.6 Å². The molecule has 2 aromatic heterocycles. The predicted molar refractivity (Wildman–Crippen MR) is 137 cm³/mol. The van der Waals surface area contributed by atoms with Crippen molar-refractivity contribution in [2.24, 2.45) is 0 Å². The van der Waals surface area contributed by atoms with E-state index in [2.05, 4.69) is 5.32 Å². The lowest BCUT2D eigenvalue weighted by molar-refractivity contribution is -0.113. The van der Waals surface area contributed by atoms with E-state index in [1.165, 1.54) is 16.6 Å². The number of nitrogens with zero attached hydrogens (tertiary/aromatic N) is 2. The van der Waals surface area contributed by atoms with Crippen molar-refractivity contribution < 1.29 is 4.79 Å². The Morgan fingerprint density at radius 1 is 1.12 bits per heavy atom. The Morgan fingerprint density at radius 3 is 2.61 bits per heavy atom. The highest BCUT2D eigenvalue weighted by atomic mass is 32.2. The van der Waals surface area contributed by atoms with Gasteiger partial charge in [0.25, 0.3) is 5.56 Å². The van der Waals surface area contributed by atoms with E-state index in [1.807, 2.05) is 31.2 Å². The second-order valence-corrected chi connectivity index (χ2v) is 10.2. The Hall–Kier alpha value is -3.10. The summed E-state index contributed by atoms with van der Waals surface area (Å²) in [6.45, 7) is 2.01. The molecule has 5 rings (SSSR count). The molecule has 1 amide bonds. The standard InChI is InChI=1S/C25H24N4O2S2/c1-15-6-12-18(13-7-15)29-24(31)22-19-4-2-3-5-20(19)33-23(22)28-25(29)32-14-21(30)27-17-10-8-16(26)9-11-17/h6-13H,2-5,14,26H2,1H3,(H,27,30). The molecule has 0 radical (unpaired) electrons. The van der Waals surface area contributed by atoms with Crippen molar-refractivity contribution in [3.05, 3.63) is 74.9 Å². The zero-order valence-corrected chi connectivity index (χ0v) is 19.9. The van der Waals surface area contributed by atoms with E-state index in [9.17, 15) is 9.59 Å². The number of nitrogens with two attached hydrogens (primary N) is 1. The SMILES string of the molecule is Cc1ccc(-n2c(SCC(=O)Nc3ccc(N)cc3)nc3sc4c(c3c2=O)CCCC4)cc1. The molecule has 0 spiro atoms. The van der Waals surface area contributed by atoms with Crippen LogP contribution >= 0.6 is 23.1 Å². The number of amides is 1. The van der Waals surface area contributed by atoms with Crippen LogP contribution in [0.5, 0.6) is 0 Å². The number of nitrogens with one attached hydrogen (secondary N) is 1. The minimum absolute atomic E-state index is 0.0512. The summed E-state index contributed by atoms with van der Waals surface area (Å²) < 4.78 is 1.66. The minimum atomic E-state index is -0.167. The molecule has 0 unspecified atom stereocenters. The summed E-state index contributed by atoms with van der Waals surface area (Å²) in [7, 11) is 0. The molecule has 2 heterocycles. The number of thiophene rings is 1. The third kappa shape index (κ3) is 4.41. The van der Waals surface area contributed by atoms with Crippen molar-refractivity contribution in [2.45, 2.75) is 37.8 Å². The van der Waals surface area contributed by atoms with Crippen LogP contribution in [-0.4, -0.2) is 21.2 Å². The fourth-order valence-electron chi connectivity index (χ4n) is 4.10. The van der Waals surface area contributed by atoms with Gasteiger partial charge in [0, 0.05) is 16.3 Å². The van der Waals surface area contributed by atoms with Crippen LogP contribution in [0.1, 0.15) is 28.8 Å². The number of benzene rings is 2. The number of hydrogen-bond acceptors (Lipinski definition) is 6. The lowest BCUT2D eigenvalue weighted by Crippen LogP contribution is -2.23. The predicted octanol–water partition coefficient (Wildman–Crippen LogP) is 4.95. The van der Waals surface area contributed by atoms with Gasteiger partial charge in [-0.1, -0.05) is 29.5 Å². The van der Waals surface area contributed by atoms with E-state index in [0.717, 1.165) is 52.7 Å². The maximum absolute atomic E-state index is 13.7. The first-order valence-electron chi connectivity index (χ1n) is 10.9. The normalized spacial score (nSPS) is 13.1. The van der Waals surface area contributed by atoms with Gasteiger partial charge in [-0.15, -0.1) is 11.3 Å². The Morgan fingerprint density at radius 2 is 1.85 bits per heavy atom. The lowest BCUT2D eigenvalue weighted by Gasteiger charge is -2.14. The summed E-state index contributed by atoms with van der Waals surface area (Å²) in [6.07, 6.45) is 4.19. The fraction of sp³-hybridized carbons (Fsp3) is 0.240. The second-order valence-electron chi connectivity index (χ2n) is 8.22. The molecular weight excluding hydrogens is 452 g/mol. The molecule has 0 bridgehead atoms. The Labute approximate surface area is 199 Å². The highest BCUT2D eigenvalue weighted by Gasteiger charge is 2.23. The molecule has 8 heteroatoms. The number of carbonyl (C=O) groups is 1. The van der Waals surface area contributed by atoms with Gasteiger partial charge in [-0.05, 0) is 74.6 Å². The Bertz CT molecular complexity index is 1390. The summed E-state index contributed by atoms with van der Waals surface area (Å²) in [6, 6.07) is 14.8. The monoisotopic (exact) mass is 476 g/mol. The van der Waals surface area contributed by atoms with Crippen molar-refractivity contribution in [1.29, 1.82) is 0 Å². The molecule has 3 N–H and O–H groups in total. The molecule has 2 aromatic carbocycles. The first-order chi connectivity index (χ1) is 16.0. The number of rotatable bonds is 5. The maximum atomic E-state index is 13.7. The van der Waals surface area contributed by atoms with E-state index >= 15 is 0 Å². The highest BCUT2D eigenvalue weighted by Crippen LogP contribution is 2.35. The number of aromatic nitrogens is 2. The summed E-state index contributed by atoms with van der Waals surface area (Å²) in [5.74, 6) is -0.0285. The van der Waals surface area contributed by atoms with Crippen LogP contribution in [0, 0.1) is 6.92 Å². The zero-order chi connectivity index (χ0) is 22.9. The third-order valence-corrected chi connectivity index (χ3v) is 7.90. The maximum Gasteiger partial charge on any atom is 0.267 e. The van der Waals surface area contributed by atoms with Crippen LogP contribution in [0.25, 0.3) is 15.9 Å². The number of thioether (sulfide) groups is 1. The molecule has 0 saturated heterocycles. The van der Waals surface area contributed by atoms with Gasteiger partial charge in [-0.2, -0.15) is 0 Å². The number of hydrogen-bond donors (Lipinski definition) is 2. The topological polar surface area (TPSA) is 90.0 Å². The molecule has 4 aromatic rings. The van der Waals surface area contributed by atoms with Gasteiger partial charge in [0.15, 0.2) is 5.16 Å². The number of aryl methyl sites for hydroxylation is 3. The lowest BCUT2D eigenvalue weighted by atomic mass is 9.97. The molecule has 0 saturated carbocycles. The van der Waals surface area contributed by atoms with Crippen LogP contribution in [0.3, 0.4) is 0 Å². The van der Waals surface area contributed by atoms with Crippen molar-refractivity contribution in [3.8, 4) is 5.69 Å². The molecule has 0 aliphatic heterocycles.